The third-order valence-electron chi connectivity index (χ3n) is 3.30. The normalized spacial score (nSPS) is 24.0. The molecule has 3 rings (SSSR count). The summed E-state index contributed by atoms with van der Waals surface area (Å²) < 4.78 is 0. The highest BCUT2D eigenvalue weighted by atomic mass is 32.2. The fourth-order valence-electron chi connectivity index (χ4n) is 2.23. The molecule has 0 aromatic carbocycles. The van der Waals surface area contributed by atoms with Crippen LogP contribution in [0.3, 0.4) is 0 Å². The highest BCUT2D eigenvalue weighted by molar-refractivity contribution is 8.14. The van der Waals surface area contributed by atoms with Crippen LogP contribution in [0.15, 0.2) is 23.0 Å². The largest absolute Gasteiger partial charge is 0.477 e. The average molecular weight is 357 g/mol. The zero-order valence-electron chi connectivity index (χ0n) is 11.1. The fraction of sp³-hybridized carbons (Fsp3) is 0.333. The number of amides is 1. The number of aromatic nitrogens is 1. The van der Waals surface area contributed by atoms with Gasteiger partial charge in [-0.3, -0.25) is 19.5 Å². The molecule has 3 N–H and O–H groups in total. The molecule has 10 heteroatoms. The summed E-state index contributed by atoms with van der Waals surface area (Å²) in [5.41, 5.74) is 7.78. The van der Waals surface area contributed by atoms with Crippen LogP contribution in [0.2, 0.25) is 0 Å². The van der Waals surface area contributed by atoms with Crippen LogP contribution in [0.25, 0.3) is 0 Å². The minimum absolute atomic E-state index is 0.0277. The summed E-state index contributed by atoms with van der Waals surface area (Å²) in [6.45, 7) is 0. The third-order valence-corrected chi connectivity index (χ3v) is 6.54. The van der Waals surface area contributed by atoms with E-state index in [2.05, 4.69) is 4.98 Å². The molecule has 116 valence electrons. The Hall–Kier alpha value is -1.36. The third kappa shape index (κ3) is 2.56. The quantitative estimate of drug-likeness (QED) is 0.753. The minimum atomic E-state index is -1.16. The van der Waals surface area contributed by atoms with Gasteiger partial charge in [0.15, 0.2) is 0 Å². The topological polar surface area (TPSA) is 114 Å². The van der Waals surface area contributed by atoms with Crippen LogP contribution < -0.4 is 5.73 Å². The summed E-state index contributed by atoms with van der Waals surface area (Å²) in [4.78, 5) is 40.8. The number of carbonyl (C=O) groups excluding carboxylic acids is 2. The predicted octanol–water partition coefficient (Wildman–Crippen LogP) is 0.598. The standard InChI is InChI=1S/C12H11N3O4S3/c13-7-9(16)15-8(11(17)18)5(2-20-10(7)15)3-21-12(19)6-1-14-4-22-6/h1,4,7,10H,2-3,13H2,(H,17,18)/t7?,10-/m0/s1. The molecule has 1 amide bonds. The predicted molar refractivity (Wildman–Crippen MR) is 84.6 cm³/mol. The lowest BCUT2D eigenvalue weighted by Gasteiger charge is -2.48. The van der Waals surface area contributed by atoms with E-state index in [9.17, 15) is 19.5 Å². The van der Waals surface area contributed by atoms with E-state index in [1.54, 1.807) is 5.51 Å². The molecule has 0 aliphatic carbocycles. The number of hydrogen-bond donors (Lipinski definition) is 2. The molecule has 0 spiro atoms. The Kier molecular flexibility index (Phi) is 4.26. The van der Waals surface area contributed by atoms with Crippen LogP contribution >= 0.6 is 34.9 Å². The Morgan fingerprint density at radius 3 is 2.95 bits per heavy atom. The molecule has 1 aromatic heterocycles. The minimum Gasteiger partial charge on any atom is -0.477 e. The van der Waals surface area contributed by atoms with Crippen LogP contribution in [0.1, 0.15) is 9.67 Å². The monoisotopic (exact) mass is 357 g/mol. The van der Waals surface area contributed by atoms with E-state index in [0.29, 0.717) is 16.2 Å². The Morgan fingerprint density at radius 1 is 1.55 bits per heavy atom. The first kappa shape index (κ1) is 15.5. The van der Waals surface area contributed by atoms with Gasteiger partial charge in [0.1, 0.15) is 22.0 Å². The molecule has 7 nitrogen and oxygen atoms in total. The van der Waals surface area contributed by atoms with E-state index in [0.717, 1.165) is 11.8 Å². The van der Waals surface area contributed by atoms with Crippen molar-refractivity contribution < 1.29 is 19.5 Å². The van der Waals surface area contributed by atoms with E-state index >= 15 is 0 Å². The molecule has 1 fully saturated rings. The van der Waals surface area contributed by atoms with Crippen molar-refractivity contribution in [2.24, 2.45) is 5.73 Å². The number of β-lactam (4-membered cyclic amide) rings is 1. The lowest BCUT2D eigenvalue weighted by molar-refractivity contribution is -0.147. The number of thiazole rings is 1. The van der Waals surface area contributed by atoms with Gasteiger partial charge in [0, 0.05) is 17.7 Å². The number of carbonyl (C=O) groups is 3. The fourth-order valence-corrected chi connectivity index (χ4v) is 5.17. The first-order valence-electron chi connectivity index (χ1n) is 6.22. The Labute approximate surface area is 137 Å². The summed E-state index contributed by atoms with van der Waals surface area (Å²) in [6.07, 6.45) is 1.48. The highest BCUT2D eigenvalue weighted by Gasteiger charge is 2.51. The van der Waals surface area contributed by atoms with Crippen molar-refractivity contribution in [3.05, 3.63) is 27.9 Å². The van der Waals surface area contributed by atoms with Crippen molar-refractivity contribution in [3.63, 3.8) is 0 Å². The van der Waals surface area contributed by atoms with E-state index in [1.807, 2.05) is 0 Å². The number of hydrogen-bond acceptors (Lipinski definition) is 8. The molecule has 1 aromatic rings. The number of fused-ring (bicyclic) bond motifs is 1. The average Bonchev–Trinajstić information content (AvgIpc) is 3.05. The van der Waals surface area contributed by atoms with Gasteiger partial charge in [-0.05, 0) is 5.57 Å². The summed E-state index contributed by atoms with van der Waals surface area (Å²) >= 11 is 3.68. The number of carboxylic acids is 1. The van der Waals surface area contributed by atoms with Crippen molar-refractivity contribution in [3.8, 4) is 0 Å². The molecular weight excluding hydrogens is 346 g/mol. The number of thioether (sulfide) groups is 2. The van der Waals surface area contributed by atoms with Crippen LogP contribution in [-0.4, -0.2) is 54.9 Å². The molecule has 1 unspecified atom stereocenters. The molecular formula is C12H11N3O4S3. The molecule has 3 heterocycles. The Morgan fingerprint density at radius 2 is 2.32 bits per heavy atom. The second-order valence-electron chi connectivity index (χ2n) is 4.63. The van der Waals surface area contributed by atoms with Gasteiger partial charge in [-0.25, -0.2) is 4.79 Å². The van der Waals surface area contributed by atoms with Crippen LogP contribution in [0, 0.1) is 0 Å². The molecule has 1 saturated heterocycles. The van der Waals surface area contributed by atoms with Gasteiger partial charge >= 0.3 is 5.97 Å². The lowest BCUT2D eigenvalue weighted by Crippen LogP contribution is -2.68. The van der Waals surface area contributed by atoms with E-state index in [4.69, 9.17) is 5.73 Å². The van der Waals surface area contributed by atoms with Gasteiger partial charge < -0.3 is 10.8 Å². The highest BCUT2D eigenvalue weighted by Crippen LogP contribution is 2.40. The molecule has 22 heavy (non-hydrogen) atoms. The van der Waals surface area contributed by atoms with Crippen LogP contribution in [0.4, 0.5) is 0 Å². The maximum Gasteiger partial charge on any atom is 0.352 e. The molecule has 0 radical (unpaired) electrons. The van der Waals surface area contributed by atoms with E-state index in [-0.39, 0.29) is 27.8 Å². The van der Waals surface area contributed by atoms with Crippen molar-refractivity contribution >= 4 is 51.9 Å². The molecule has 2 aliphatic rings. The zero-order valence-corrected chi connectivity index (χ0v) is 13.5. The first-order chi connectivity index (χ1) is 10.5. The smallest absolute Gasteiger partial charge is 0.352 e. The van der Waals surface area contributed by atoms with Gasteiger partial charge in [-0.2, -0.15) is 0 Å². The van der Waals surface area contributed by atoms with E-state index in [1.165, 1.54) is 34.2 Å². The van der Waals surface area contributed by atoms with Crippen molar-refractivity contribution in [2.45, 2.75) is 11.4 Å². The summed E-state index contributed by atoms with van der Waals surface area (Å²) in [5, 5.41) is 8.91. The van der Waals surface area contributed by atoms with Gasteiger partial charge in [-0.15, -0.1) is 23.1 Å². The molecule has 2 aliphatic heterocycles. The maximum atomic E-state index is 12.0. The molecule has 0 saturated carbocycles. The van der Waals surface area contributed by atoms with Gasteiger partial charge in [0.25, 0.3) is 0 Å². The summed E-state index contributed by atoms with van der Waals surface area (Å²) in [5.74, 6) is -0.860. The number of carboxylic acid groups (broad SMARTS) is 1. The van der Waals surface area contributed by atoms with E-state index < -0.39 is 12.0 Å². The lowest BCUT2D eigenvalue weighted by atomic mass is 10.0. The van der Waals surface area contributed by atoms with Crippen molar-refractivity contribution in [1.82, 2.24) is 9.88 Å². The number of nitrogens with two attached hydrogens (primary N) is 1. The number of nitrogens with zero attached hydrogens (tertiary/aromatic N) is 2. The first-order valence-corrected chi connectivity index (χ1v) is 9.13. The summed E-state index contributed by atoms with van der Waals surface area (Å²) in [7, 11) is 0. The van der Waals surface area contributed by atoms with Crippen LogP contribution in [-0.2, 0) is 9.59 Å². The van der Waals surface area contributed by atoms with Crippen LogP contribution in [0.5, 0.6) is 0 Å². The summed E-state index contributed by atoms with van der Waals surface area (Å²) in [6, 6.07) is -0.646. The number of aliphatic carboxylic acids is 1. The second-order valence-corrected chi connectivity index (χ2v) is 7.57. The van der Waals surface area contributed by atoms with Gasteiger partial charge in [-0.1, -0.05) is 11.8 Å². The van der Waals surface area contributed by atoms with Crippen molar-refractivity contribution in [1.29, 1.82) is 0 Å². The maximum absolute atomic E-state index is 12.0. The number of rotatable bonds is 4. The Balaban J connectivity index is 1.77. The molecule has 2 atom stereocenters. The second kappa shape index (κ2) is 6.03. The molecule has 0 bridgehead atoms. The Bertz CT molecular complexity index is 673. The van der Waals surface area contributed by atoms with Crippen molar-refractivity contribution in [2.75, 3.05) is 11.5 Å². The van der Waals surface area contributed by atoms with Gasteiger partial charge in [0.05, 0.1) is 5.51 Å². The van der Waals surface area contributed by atoms with Gasteiger partial charge in [0.2, 0.25) is 11.0 Å². The zero-order chi connectivity index (χ0) is 15.9. The SMILES string of the molecule is NC1C(=O)N2C(C(=O)O)=C(CSC(=O)c3cncs3)CS[C@@H]12.